The molecule has 0 spiro atoms. The van der Waals surface area contributed by atoms with Crippen molar-refractivity contribution in [2.24, 2.45) is 0 Å². The summed E-state index contributed by atoms with van der Waals surface area (Å²) in [6.45, 7) is 4.32. The van der Waals surface area contributed by atoms with Crippen molar-refractivity contribution in [1.29, 1.82) is 0 Å². The van der Waals surface area contributed by atoms with E-state index in [9.17, 15) is 4.79 Å². The first kappa shape index (κ1) is 21.5. The highest BCUT2D eigenvalue weighted by atomic mass is 32.1. The van der Waals surface area contributed by atoms with Gasteiger partial charge < -0.3 is 19.4 Å². The van der Waals surface area contributed by atoms with Crippen molar-refractivity contribution in [3.05, 3.63) is 70.8 Å². The highest BCUT2D eigenvalue weighted by Crippen LogP contribution is 2.32. The zero-order valence-electron chi connectivity index (χ0n) is 18.7. The molecular weight excluding hydrogens is 436 g/mol. The summed E-state index contributed by atoms with van der Waals surface area (Å²) in [6.07, 6.45) is 0. The average Bonchev–Trinajstić information content (AvgIpc) is 3.29. The summed E-state index contributed by atoms with van der Waals surface area (Å²) in [6, 6.07) is 18.0. The number of piperazine rings is 1. The van der Waals surface area contributed by atoms with Gasteiger partial charge in [0.15, 0.2) is 0 Å². The van der Waals surface area contributed by atoms with Gasteiger partial charge in [-0.1, -0.05) is 0 Å². The Labute approximate surface area is 196 Å². The van der Waals surface area contributed by atoms with Gasteiger partial charge in [-0.15, -0.1) is 11.3 Å². The van der Waals surface area contributed by atoms with Crippen LogP contribution in [0.4, 0.5) is 5.69 Å². The van der Waals surface area contributed by atoms with E-state index >= 15 is 0 Å². The minimum atomic E-state index is -0.0726. The van der Waals surface area contributed by atoms with Gasteiger partial charge in [0, 0.05) is 36.7 Å². The first-order valence-electron chi connectivity index (χ1n) is 10.9. The predicted molar refractivity (Wildman–Crippen MR) is 133 cm³/mol. The van der Waals surface area contributed by atoms with Crippen molar-refractivity contribution in [3.63, 3.8) is 0 Å². The van der Waals surface area contributed by atoms with Crippen molar-refractivity contribution < 1.29 is 9.47 Å². The fourth-order valence-corrected chi connectivity index (χ4v) is 5.13. The molecule has 0 atom stereocenters. The van der Waals surface area contributed by atoms with Crippen molar-refractivity contribution in [1.82, 2.24) is 14.9 Å². The maximum atomic E-state index is 12.7. The van der Waals surface area contributed by atoms with Crippen LogP contribution in [-0.4, -0.2) is 55.3 Å². The normalized spacial score (nSPS) is 14.5. The second kappa shape index (κ2) is 9.25. The van der Waals surface area contributed by atoms with Crippen LogP contribution in [0.25, 0.3) is 20.7 Å². The van der Waals surface area contributed by atoms with Crippen LogP contribution >= 0.6 is 11.3 Å². The van der Waals surface area contributed by atoms with E-state index in [0.29, 0.717) is 17.1 Å². The quantitative estimate of drug-likeness (QED) is 0.467. The van der Waals surface area contributed by atoms with Crippen LogP contribution in [0.2, 0.25) is 0 Å². The highest BCUT2D eigenvalue weighted by Gasteiger charge is 2.19. The molecule has 8 heteroatoms. The van der Waals surface area contributed by atoms with Gasteiger partial charge in [0.05, 0.1) is 26.3 Å². The first-order chi connectivity index (χ1) is 16.1. The zero-order valence-corrected chi connectivity index (χ0v) is 19.5. The Hall–Kier alpha value is -3.36. The van der Waals surface area contributed by atoms with Crippen molar-refractivity contribution in [3.8, 4) is 21.9 Å². The predicted octanol–water partition coefficient (Wildman–Crippen LogP) is 3.99. The number of methoxy groups -OCH3 is 2. The number of hydrogen-bond acceptors (Lipinski definition) is 7. The SMILES string of the molecule is COc1ccc(-c2cc3nc(CN4CCN(c5ccc(OC)cc5)CC4)[nH]c(=O)c3s2)cc1. The van der Waals surface area contributed by atoms with Crippen molar-refractivity contribution in [2.75, 3.05) is 45.3 Å². The fraction of sp³-hybridized carbons (Fsp3) is 0.280. The molecule has 170 valence electrons. The standard InChI is InChI=1S/C25H26N4O3S/c1-31-19-7-3-17(4-8-19)22-15-21-24(33-22)25(30)27-23(26-21)16-28-11-13-29(14-12-28)18-5-9-20(32-2)10-6-18/h3-10,15H,11-14,16H2,1-2H3,(H,26,27,30). The van der Waals surface area contributed by atoms with E-state index in [0.717, 1.165) is 53.6 Å². The summed E-state index contributed by atoms with van der Waals surface area (Å²) in [7, 11) is 3.33. The van der Waals surface area contributed by atoms with E-state index in [4.69, 9.17) is 14.5 Å². The summed E-state index contributed by atoms with van der Waals surface area (Å²) in [5.74, 6) is 2.39. The molecule has 1 saturated heterocycles. The second-order valence-electron chi connectivity index (χ2n) is 8.03. The van der Waals surface area contributed by atoms with E-state index in [1.54, 1.807) is 14.2 Å². The highest BCUT2D eigenvalue weighted by molar-refractivity contribution is 7.22. The third-order valence-electron chi connectivity index (χ3n) is 5.99. The molecule has 1 aliphatic rings. The molecule has 0 aliphatic carbocycles. The number of ether oxygens (including phenoxy) is 2. The van der Waals surface area contributed by atoms with Crippen LogP contribution < -0.4 is 19.9 Å². The van der Waals surface area contributed by atoms with Gasteiger partial charge in [-0.3, -0.25) is 9.69 Å². The molecule has 1 fully saturated rings. The van der Waals surface area contributed by atoms with Crippen LogP contribution in [0, 0.1) is 0 Å². The van der Waals surface area contributed by atoms with Crippen molar-refractivity contribution in [2.45, 2.75) is 6.54 Å². The fourth-order valence-electron chi connectivity index (χ4n) is 4.13. The topological polar surface area (TPSA) is 70.7 Å². The molecule has 2 aromatic carbocycles. The van der Waals surface area contributed by atoms with E-state index in [1.165, 1.54) is 17.0 Å². The molecule has 7 nitrogen and oxygen atoms in total. The number of hydrogen-bond donors (Lipinski definition) is 1. The van der Waals surface area contributed by atoms with Gasteiger partial charge in [0.25, 0.3) is 5.56 Å². The minimum Gasteiger partial charge on any atom is -0.497 e. The molecule has 4 aromatic rings. The maximum absolute atomic E-state index is 12.7. The Morgan fingerprint density at radius 2 is 1.58 bits per heavy atom. The van der Waals surface area contributed by atoms with E-state index in [-0.39, 0.29) is 5.56 Å². The summed E-state index contributed by atoms with van der Waals surface area (Å²) in [5, 5.41) is 0. The number of fused-ring (bicyclic) bond motifs is 1. The van der Waals surface area contributed by atoms with Crippen LogP contribution in [0.15, 0.2) is 59.4 Å². The van der Waals surface area contributed by atoms with Gasteiger partial charge in [-0.2, -0.15) is 0 Å². The molecule has 1 N–H and O–H groups in total. The molecule has 0 unspecified atom stereocenters. The molecule has 5 rings (SSSR count). The third kappa shape index (κ3) is 4.58. The summed E-state index contributed by atoms with van der Waals surface area (Å²) < 4.78 is 11.1. The number of thiophene rings is 1. The summed E-state index contributed by atoms with van der Waals surface area (Å²) in [5.41, 5.74) is 2.93. The van der Waals surface area contributed by atoms with E-state index in [1.807, 2.05) is 42.5 Å². The smallest absolute Gasteiger partial charge is 0.268 e. The van der Waals surface area contributed by atoms with Crippen LogP contribution in [0.5, 0.6) is 11.5 Å². The molecule has 0 radical (unpaired) electrons. The monoisotopic (exact) mass is 462 g/mol. The van der Waals surface area contributed by atoms with Gasteiger partial charge in [0.1, 0.15) is 22.0 Å². The number of rotatable bonds is 6. The average molecular weight is 463 g/mol. The number of nitrogens with zero attached hydrogens (tertiary/aromatic N) is 3. The van der Waals surface area contributed by atoms with Crippen LogP contribution in [-0.2, 0) is 6.54 Å². The second-order valence-corrected chi connectivity index (χ2v) is 9.08. The Balaban J connectivity index is 1.27. The third-order valence-corrected chi connectivity index (χ3v) is 7.16. The molecular formula is C25H26N4O3S. The number of anilines is 1. The van der Waals surface area contributed by atoms with Crippen LogP contribution in [0.1, 0.15) is 5.82 Å². The van der Waals surface area contributed by atoms with Gasteiger partial charge in [0.2, 0.25) is 0 Å². The minimum absolute atomic E-state index is 0.0726. The number of benzene rings is 2. The molecule has 3 heterocycles. The Bertz CT molecular complexity index is 1290. The maximum Gasteiger partial charge on any atom is 0.268 e. The molecule has 0 bridgehead atoms. The van der Waals surface area contributed by atoms with Crippen LogP contribution in [0.3, 0.4) is 0 Å². The van der Waals surface area contributed by atoms with Crippen molar-refractivity contribution >= 4 is 27.2 Å². The molecule has 0 amide bonds. The lowest BCUT2D eigenvalue weighted by Crippen LogP contribution is -2.46. The largest absolute Gasteiger partial charge is 0.497 e. The number of aromatic nitrogens is 2. The molecule has 1 aliphatic heterocycles. The van der Waals surface area contributed by atoms with Gasteiger partial charge in [-0.25, -0.2) is 4.98 Å². The summed E-state index contributed by atoms with van der Waals surface area (Å²) in [4.78, 5) is 26.2. The Morgan fingerprint density at radius 3 is 2.21 bits per heavy atom. The molecule has 2 aromatic heterocycles. The van der Waals surface area contributed by atoms with E-state index < -0.39 is 0 Å². The first-order valence-corrected chi connectivity index (χ1v) is 11.7. The number of nitrogens with one attached hydrogen (secondary N) is 1. The Kier molecular flexibility index (Phi) is 6.02. The summed E-state index contributed by atoms with van der Waals surface area (Å²) >= 11 is 1.47. The molecule has 33 heavy (non-hydrogen) atoms. The van der Waals surface area contributed by atoms with Gasteiger partial charge in [-0.05, 0) is 60.2 Å². The number of aromatic amines is 1. The lowest BCUT2D eigenvalue weighted by Gasteiger charge is -2.35. The van der Waals surface area contributed by atoms with E-state index in [2.05, 4.69) is 26.9 Å². The lowest BCUT2D eigenvalue weighted by atomic mass is 10.2. The number of H-pyrrole nitrogens is 1. The lowest BCUT2D eigenvalue weighted by molar-refractivity contribution is 0.244. The van der Waals surface area contributed by atoms with Gasteiger partial charge >= 0.3 is 0 Å². The Morgan fingerprint density at radius 1 is 0.939 bits per heavy atom. The zero-order chi connectivity index (χ0) is 22.8. The molecule has 0 saturated carbocycles.